The van der Waals surface area contributed by atoms with Crippen molar-refractivity contribution in [2.75, 3.05) is 0 Å². The summed E-state index contributed by atoms with van der Waals surface area (Å²) in [6.07, 6.45) is -1.63. The van der Waals surface area contributed by atoms with Crippen molar-refractivity contribution in [1.82, 2.24) is 14.6 Å². The van der Waals surface area contributed by atoms with Crippen LogP contribution in [0, 0.1) is 0 Å². The molecular weight excluding hydrogens is 208 g/mol. The maximum atomic E-state index is 12.2. The Labute approximate surface area is 82.0 Å². The lowest BCUT2D eigenvalue weighted by Gasteiger charge is -1.93. The van der Waals surface area contributed by atoms with Crippen LogP contribution in [0.25, 0.3) is 5.65 Å². The van der Waals surface area contributed by atoms with Gasteiger partial charge in [-0.05, 0) is 12.1 Å². The lowest BCUT2D eigenvalue weighted by atomic mass is 10.3. The fourth-order valence-corrected chi connectivity index (χ4v) is 1.12. The summed E-state index contributed by atoms with van der Waals surface area (Å²) in [5.41, 5.74) is 0.156. The van der Waals surface area contributed by atoms with Gasteiger partial charge in [-0.3, -0.25) is 0 Å². The Bertz CT molecular complexity index is 524. The lowest BCUT2D eigenvalue weighted by molar-refractivity contribution is 0.0696. The van der Waals surface area contributed by atoms with E-state index in [2.05, 4.69) is 10.1 Å². The number of carboxylic acids is 1. The summed E-state index contributed by atoms with van der Waals surface area (Å²) in [5, 5.41) is 12.1. The molecule has 0 aliphatic rings. The highest BCUT2D eigenvalue weighted by Crippen LogP contribution is 2.15. The largest absolute Gasteiger partial charge is 0.478 e. The van der Waals surface area contributed by atoms with Gasteiger partial charge in [0.25, 0.3) is 6.43 Å². The molecule has 0 radical (unpaired) electrons. The maximum Gasteiger partial charge on any atom is 0.337 e. The molecule has 2 heterocycles. The predicted molar refractivity (Wildman–Crippen MR) is 44.9 cm³/mol. The maximum absolute atomic E-state index is 12.2. The normalized spacial score (nSPS) is 11.1. The van der Waals surface area contributed by atoms with Gasteiger partial charge in [0.05, 0.1) is 5.56 Å². The quantitative estimate of drug-likeness (QED) is 0.817. The molecule has 78 valence electrons. The van der Waals surface area contributed by atoms with Gasteiger partial charge < -0.3 is 5.11 Å². The number of alkyl halides is 2. The van der Waals surface area contributed by atoms with Crippen LogP contribution in [0.4, 0.5) is 8.78 Å². The first-order valence-electron chi connectivity index (χ1n) is 3.95. The van der Waals surface area contributed by atoms with Crippen molar-refractivity contribution >= 4 is 11.6 Å². The number of aromatic carboxylic acids is 1. The molecule has 0 aliphatic carbocycles. The molecule has 2 rings (SSSR count). The number of carboxylic acid groups (broad SMARTS) is 1. The first kappa shape index (κ1) is 9.50. The van der Waals surface area contributed by atoms with E-state index >= 15 is 0 Å². The first-order chi connectivity index (χ1) is 7.08. The molecule has 15 heavy (non-hydrogen) atoms. The summed E-state index contributed by atoms with van der Waals surface area (Å²) in [6, 6.07) is 2.60. The molecule has 0 bridgehead atoms. The number of hydrogen-bond acceptors (Lipinski definition) is 3. The van der Waals surface area contributed by atoms with Gasteiger partial charge >= 0.3 is 5.97 Å². The third-order valence-electron chi connectivity index (χ3n) is 1.79. The highest BCUT2D eigenvalue weighted by Gasteiger charge is 2.14. The average molecular weight is 213 g/mol. The van der Waals surface area contributed by atoms with E-state index in [9.17, 15) is 13.6 Å². The minimum absolute atomic E-state index is 0.0341. The summed E-state index contributed by atoms with van der Waals surface area (Å²) in [5.74, 6) is -1.76. The first-order valence-corrected chi connectivity index (χ1v) is 3.95. The van der Waals surface area contributed by atoms with Gasteiger partial charge in [0.15, 0.2) is 5.65 Å². The van der Waals surface area contributed by atoms with Gasteiger partial charge in [-0.15, -0.1) is 5.10 Å². The van der Waals surface area contributed by atoms with Gasteiger partial charge in [-0.2, -0.15) is 0 Å². The molecule has 0 aromatic carbocycles. The number of halogens is 2. The molecule has 1 N–H and O–H groups in total. The van der Waals surface area contributed by atoms with Gasteiger partial charge in [-0.25, -0.2) is 23.1 Å². The van der Waals surface area contributed by atoms with E-state index in [0.717, 1.165) is 10.7 Å². The van der Waals surface area contributed by atoms with Crippen LogP contribution < -0.4 is 0 Å². The van der Waals surface area contributed by atoms with Crippen molar-refractivity contribution in [2.45, 2.75) is 6.43 Å². The molecule has 0 atom stereocenters. The number of aromatic nitrogens is 3. The summed E-state index contributed by atoms with van der Waals surface area (Å²) in [7, 11) is 0. The second kappa shape index (κ2) is 3.26. The Morgan fingerprint density at radius 2 is 2.20 bits per heavy atom. The topological polar surface area (TPSA) is 67.5 Å². The molecule has 0 unspecified atom stereocenters. The lowest BCUT2D eigenvalue weighted by Crippen LogP contribution is -1.99. The molecule has 0 aliphatic heterocycles. The molecule has 0 saturated heterocycles. The van der Waals surface area contributed by atoms with E-state index in [1.807, 2.05) is 0 Å². The molecule has 5 nitrogen and oxygen atoms in total. The molecule has 2 aromatic rings. The number of rotatable bonds is 2. The van der Waals surface area contributed by atoms with Crippen molar-refractivity contribution in [3.05, 3.63) is 29.7 Å². The van der Waals surface area contributed by atoms with Crippen LogP contribution in [0.2, 0.25) is 0 Å². The van der Waals surface area contributed by atoms with Crippen LogP contribution in [0.1, 0.15) is 22.6 Å². The van der Waals surface area contributed by atoms with E-state index in [-0.39, 0.29) is 11.2 Å². The Morgan fingerprint density at radius 3 is 2.80 bits per heavy atom. The smallest absolute Gasteiger partial charge is 0.337 e. The van der Waals surface area contributed by atoms with Crippen LogP contribution >= 0.6 is 0 Å². The summed E-state index contributed by atoms with van der Waals surface area (Å²) in [4.78, 5) is 14.1. The van der Waals surface area contributed by atoms with Crippen molar-refractivity contribution in [3.63, 3.8) is 0 Å². The van der Waals surface area contributed by atoms with Crippen molar-refractivity contribution in [3.8, 4) is 0 Å². The second-order valence-corrected chi connectivity index (χ2v) is 2.80. The number of carbonyl (C=O) groups is 1. The SMILES string of the molecule is O=C(O)c1ccc2nc(C(F)F)nn2c1. The van der Waals surface area contributed by atoms with Crippen LogP contribution in [0.5, 0.6) is 0 Å². The average Bonchev–Trinajstić information content (AvgIpc) is 2.59. The number of hydrogen-bond donors (Lipinski definition) is 1. The van der Waals surface area contributed by atoms with Gasteiger partial charge in [0.2, 0.25) is 5.82 Å². The fourth-order valence-electron chi connectivity index (χ4n) is 1.12. The van der Waals surface area contributed by atoms with Crippen molar-refractivity contribution < 1.29 is 18.7 Å². The third kappa shape index (κ3) is 1.63. The van der Waals surface area contributed by atoms with E-state index < -0.39 is 18.2 Å². The van der Waals surface area contributed by atoms with Crippen LogP contribution in [-0.4, -0.2) is 25.7 Å². The van der Waals surface area contributed by atoms with Crippen molar-refractivity contribution in [1.29, 1.82) is 0 Å². The van der Waals surface area contributed by atoms with Gasteiger partial charge in [-0.1, -0.05) is 0 Å². The molecule has 0 amide bonds. The Kier molecular flexibility index (Phi) is 2.07. The van der Waals surface area contributed by atoms with Gasteiger partial charge in [0.1, 0.15) is 0 Å². The highest BCUT2D eigenvalue weighted by atomic mass is 19.3. The predicted octanol–water partition coefficient (Wildman–Crippen LogP) is 1.37. The zero-order chi connectivity index (χ0) is 11.0. The van der Waals surface area contributed by atoms with Gasteiger partial charge in [0, 0.05) is 6.20 Å². The minimum atomic E-state index is -2.77. The Morgan fingerprint density at radius 1 is 1.47 bits per heavy atom. The van der Waals surface area contributed by atoms with Crippen molar-refractivity contribution in [2.24, 2.45) is 0 Å². The number of pyridine rings is 1. The number of nitrogens with zero attached hydrogens (tertiary/aromatic N) is 3. The minimum Gasteiger partial charge on any atom is -0.478 e. The van der Waals surface area contributed by atoms with E-state index in [0.29, 0.717) is 0 Å². The highest BCUT2D eigenvalue weighted by molar-refractivity contribution is 5.87. The Hall–Kier alpha value is -2.05. The molecule has 2 aromatic heterocycles. The standard InChI is InChI=1S/C8H5F2N3O2/c9-6(10)7-11-5-2-1-4(8(14)15)3-13(5)12-7/h1-3,6H,(H,14,15). The fraction of sp³-hybridized carbons (Fsp3) is 0.125. The molecule has 0 saturated carbocycles. The Balaban J connectivity index is 2.57. The molecule has 0 spiro atoms. The molecule has 0 fully saturated rings. The zero-order valence-electron chi connectivity index (χ0n) is 7.26. The number of fused-ring (bicyclic) bond motifs is 1. The van der Waals surface area contributed by atoms with E-state index in [1.54, 1.807) is 0 Å². The zero-order valence-corrected chi connectivity index (χ0v) is 7.26. The molecular formula is C8H5F2N3O2. The van der Waals surface area contributed by atoms with Crippen LogP contribution in [-0.2, 0) is 0 Å². The van der Waals surface area contributed by atoms with Crippen LogP contribution in [0.15, 0.2) is 18.3 Å². The summed E-state index contributed by atoms with van der Waals surface area (Å²) in [6.45, 7) is 0. The summed E-state index contributed by atoms with van der Waals surface area (Å²) < 4.78 is 25.4. The third-order valence-corrected chi connectivity index (χ3v) is 1.79. The monoisotopic (exact) mass is 213 g/mol. The van der Waals surface area contributed by atoms with E-state index in [1.165, 1.54) is 12.1 Å². The molecule has 7 heteroatoms. The summed E-state index contributed by atoms with van der Waals surface area (Å²) >= 11 is 0. The van der Waals surface area contributed by atoms with Crippen LogP contribution in [0.3, 0.4) is 0 Å². The van der Waals surface area contributed by atoms with E-state index in [4.69, 9.17) is 5.11 Å². The second-order valence-electron chi connectivity index (χ2n) is 2.80.